The molecular weight excluding hydrogens is 235 g/mol. The van der Waals surface area contributed by atoms with Crippen molar-refractivity contribution in [3.63, 3.8) is 0 Å². The number of aliphatic carboxylic acids is 1. The molecule has 0 saturated carbocycles. The predicted molar refractivity (Wildman–Crippen MR) is 55.8 cm³/mol. The molecule has 2 rings (SSSR count). The highest BCUT2D eigenvalue weighted by Crippen LogP contribution is 2.39. The summed E-state index contributed by atoms with van der Waals surface area (Å²) in [5, 5.41) is 9.19. The SMILES string of the molecule is O=C(O)C1CCOC1c1c(F)cccc1Cl. The Kier molecular flexibility index (Phi) is 3.12. The van der Waals surface area contributed by atoms with Crippen molar-refractivity contribution in [2.45, 2.75) is 12.5 Å². The van der Waals surface area contributed by atoms with E-state index >= 15 is 0 Å². The van der Waals surface area contributed by atoms with E-state index in [-0.39, 0.29) is 10.6 Å². The zero-order valence-corrected chi connectivity index (χ0v) is 9.08. The number of benzene rings is 1. The van der Waals surface area contributed by atoms with Crippen LogP contribution in [-0.4, -0.2) is 17.7 Å². The summed E-state index contributed by atoms with van der Waals surface area (Å²) >= 11 is 5.87. The second-order valence-electron chi connectivity index (χ2n) is 3.66. The molecule has 1 heterocycles. The number of hydrogen-bond acceptors (Lipinski definition) is 2. The van der Waals surface area contributed by atoms with Gasteiger partial charge < -0.3 is 9.84 Å². The minimum Gasteiger partial charge on any atom is -0.481 e. The predicted octanol–water partition coefficient (Wildman–Crippen LogP) is 2.64. The van der Waals surface area contributed by atoms with Crippen molar-refractivity contribution in [2.24, 2.45) is 5.92 Å². The summed E-state index contributed by atoms with van der Waals surface area (Å²) < 4.78 is 18.9. The lowest BCUT2D eigenvalue weighted by Gasteiger charge is -2.17. The van der Waals surface area contributed by atoms with Gasteiger partial charge in [0, 0.05) is 17.2 Å². The van der Waals surface area contributed by atoms with E-state index in [2.05, 4.69) is 0 Å². The highest BCUT2D eigenvalue weighted by Gasteiger charge is 2.37. The lowest BCUT2D eigenvalue weighted by atomic mass is 9.95. The van der Waals surface area contributed by atoms with Gasteiger partial charge in [0.05, 0.1) is 5.92 Å². The largest absolute Gasteiger partial charge is 0.481 e. The highest BCUT2D eigenvalue weighted by molar-refractivity contribution is 6.31. The molecule has 16 heavy (non-hydrogen) atoms. The number of carboxylic acid groups (broad SMARTS) is 1. The number of ether oxygens (including phenoxy) is 1. The molecule has 1 aliphatic rings. The van der Waals surface area contributed by atoms with E-state index in [1.807, 2.05) is 0 Å². The van der Waals surface area contributed by atoms with Crippen LogP contribution in [0.15, 0.2) is 18.2 Å². The third-order valence-corrected chi connectivity index (χ3v) is 3.02. The van der Waals surface area contributed by atoms with Crippen LogP contribution in [0.1, 0.15) is 18.1 Å². The summed E-state index contributed by atoms with van der Waals surface area (Å²) in [6.45, 7) is 0.312. The molecule has 2 unspecified atom stereocenters. The van der Waals surface area contributed by atoms with Gasteiger partial charge in [-0.1, -0.05) is 17.7 Å². The molecular formula is C11H10ClFO3. The Morgan fingerprint density at radius 2 is 2.31 bits per heavy atom. The van der Waals surface area contributed by atoms with Crippen LogP contribution in [-0.2, 0) is 9.53 Å². The van der Waals surface area contributed by atoms with Crippen LogP contribution in [0.2, 0.25) is 5.02 Å². The molecule has 0 amide bonds. The number of carboxylic acids is 1. The molecule has 5 heteroatoms. The van der Waals surface area contributed by atoms with Gasteiger partial charge in [-0.3, -0.25) is 4.79 Å². The molecule has 0 aromatic heterocycles. The highest BCUT2D eigenvalue weighted by atomic mass is 35.5. The van der Waals surface area contributed by atoms with Gasteiger partial charge in [-0.2, -0.15) is 0 Å². The number of carbonyl (C=O) groups is 1. The van der Waals surface area contributed by atoms with Crippen LogP contribution in [0.5, 0.6) is 0 Å². The molecule has 86 valence electrons. The van der Waals surface area contributed by atoms with E-state index in [1.54, 1.807) is 0 Å². The first kappa shape index (κ1) is 11.4. The summed E-state index contributed by atoms with van der Waals surface area (Å²) in [4.78, 5) is 11.0. The van der Waals surface area contributed by atoms with Crippen LogP contribution in [0.25, 0.3) is 0 Å². The van der Waals surface area contributed by atoms with Gasteiger partial charge >= 0.3 is 5.97 Å². The van der Waals surface area contributed by atoms with Gasteiger partial charge in [0.1, 0.15) is 11.9 Å². The molecule has 1 aromatic rings. The Morgan fingerprint density at radius 3 is 2.94 bits per heavy atom. The lowest BCUT2D eigenvalue weighted by molar-refractivity contribution is -0.143. The standard InChI is InChI=1S/C11H10ClFO3/c12-7-2-1-3-8(13)9(7)10-6(11(14)15)4-5-16-10/h1-3,6,10H,4-5H2,(H,14,15). The maximum Gasteiger partial charge on any atom is 0.309 e. The Bertz CT molecular complexity index is 401. The minimum absolute atomic E-state index is 0.147. The second kappa shape index (κ2) is 4.39. The summed E-state index contributed by atoms with van der Waals surface area (Å²) in [6, 6.07) is 4.26. The van der Waals surface area contributed by atoms with Gasteiger partial charge in [-0.05, 0) is 18.6 Å². The Labute approximate surface area is 96.8 Å². The molecule has 0 aliphatic carbocycles. The molecule has 0 radical (unpaired) electrons. The number of halogens is 2. The third kappa shape index (κ3) is 1.90. The second-order valence-corrected chi connectivity index (χ2v) is 4.07. The molecule has 1 aliphatic heterocycles. The van der Waals surface area contributed by atoms with Gasteiger partial charge in [-0.25, -0.2) is 4.39 Å². The number of rotatable bonds is 2. The van der Waals surface area contributed by atoms with Gasteiger partial charge in [0.25, 0.3) is 0 Å². The Balaban J connectivity index is 2.40. The summed E-state index contributed by atoms with van der Waals surface area (Å²) in [5.41, 5.74) is 0.147. The Hall–Kier alpha value is -1.13. The molecule has 0 bridgehead atoms. The monoisotopic (exact) mass is 244 g/mol. The zero-order valence-electron chi connectivity index (χ0n) is 8.32. The van der Waals surface area contributed by atoms with E-state index in [0.717, 1.165) is 0 Å². The summed E-state index contributed by atoms with van der Waals surface area (Å²) in [6.07, 6.45) is -0.406. The average Bonchev–Trinajstić information content (AvgIpc) is 2.66. The van der Waals surface area contributed by atoms with Crippen molar-refractivity contribution < 1.29 is 19.0 Å². The quantitative estimate of drug-likeness (QED) is 0.870. The van der Waals surface area contributed by atoms with Crippen LogP contribution in [0.3, 0.4) is 0 Å². The Morgan fingerprint density at radius 1 is 1.56 bits per heavy atom. The fraction of sp³-hybridized carbons (Fsp3) is 0.364. The van der Waals surface area contributed by atoms with Gasteiger partial charge in [0.2, 0.25) is 0 Å². The van der Waals surface area contributed by atoms with Crippen molar-refractivity contribution in [3.05, 3.63) is 34.6 Å². The number of hydrogen-bond donors (Lipinski definition) is 1. The van der Waals surface area contributed by atoms with Crippen molar-refractivity contribution in [1.29, 1.82) is 0 Å². The van der Waals surface area contributed by atoms with E-state index in [4.69, 9.17) is 21.4 Å². The average molecular weight is 245 g/mol. The van der Waals surface area contributed by atoms with Crippen molar-refractivity contribution in [3.8, 4) is 0 Å². The molecule has 1 aromatic carbocycles. The summed E-state index contributed by atoms with van der Waals surface area (Å²) in [5.74, 6) is -2.23. The zero-order chi connectivity index (χ0) is 11.7. The van der Waals surface area contributed by atoms with Crippen molar-refractivity contribution in [1.82, 2.24) is 0 Å². The first-order chi connectivity index (χ1) is 7.61. The normalized spacial score (nSPS) is 24.6. The van der Waals surface area contributed by atoms with E-state index in [9.17, 15) is 9.18 Å². The van der Waals surface area contributed by atoms with Crippen LogP contribution in [0.4, 0.5) is 4.39 Å². The first-order valence-electron chi connectivity index (χ1n) is 4.89. The maximum atomic E-state index is 13.6. The smallest absolute Gasteiger partial charge is 0.309 e. The molecule has 3 nitrogen and oxygen atoms in total. The summed E-state index contributed by atoms with van der Waals surface area (Å²) in [7, 11) is 0. The van der Waals surface area contributed by atoms with Crippen molar-refractivity contribution >= 4 is 17.6 Å². The maximum absolute atomic E-state index is 13.6. The van der Waals surface area contributed by atoms with Crippen LogP contribution < -0.4 is 0 Å². The fourth-order valence-electron chi connectivity index (χ4n) is 1.91. The first-order valence-corrected chi connectivity index (χ1v) is 5.27. The van der Waals surface area contributed by atoms with Gasteiger partial charge in [-0.15, -0.1) is 0 Å². The molecule has 1 saturated heterocycles. The topological polar surface area (TPSA) is 46.5 Å². The van der Waals surface area contributed by atoms with E-state index in [1.165, 1.54) is 18.2 Å². The molecule has 0 spiro atoms. The lowest BCUT2D eigenvalue weighted by Crippen LogP contribution is -2.18. The van der Waals surface area contributed by atoms with E-state index in [0.29, 0.717) is 13.0 Å². The van der Waals surface area contributed by atoms with Crippen LogP contribution in [0, 0.1) is 11.7 Å². The molecule has 1 fully saturated rings. The van der Waals surface area contributed by atoms with Crippen LogP contribution >= 0.6 is 11.6 Å². The third-order valence-electron chi connectivity index (χ3n) is 2.69. The minimum atomic E-state index is -0.984. The van der Waals surface area contributed by atoms with E-state index < -0.39 is 23.8 Å². The van der Waals surface area contributed by atoms with Gasteiger partial charge in [0.15, 0.2) is 0 Å². The molecule has 1 N–H and O–H groups in total. The van der Waals surface area contributed by atoms with Crippen molar-refractivity contribution in [2.75, 3.05) is 6.61 Å². The molecule has 2 atom stereocenters. The fourth-order valence-corrected chi connectivity index (χ4v) is 2.18.